The first kappa shape index (κ1) is 29.6. The van der Waals surface area contributed by atoms with E-state index >= 15 is 0 Å². The van der Waals surface area contributed by atoms with E-state index in [9.17, 15) is 38.9 Å². The van der Waals surface area contributed by atoms with Crippen LogP contribution in [0.15, 0.2) is 39.0 Å². The van der Waals surface area contributed by atoms with Crippen LogP contribution in [-0.4, -0.2) is 38.9 Å². The van der Waals surface area contributed by atoms with E-state index in [1.165, 1.54) is 6.92 Å². The van der Waals surface area contributed by atoms with Gasteiger partial charge in [0.25, 0.3) is 0 Å². The zero-order chi connectivity index (χ0) is 17.8. The Morgan fingerprint density at radius 1 is 0.615 bits per heavy atom. The van der Waals surface area contributed by atoms with E-state index in [0.717, 1.165) is 12.1 Å². The summed E-state index contributed by atoms with van der Waals surface area (Å²) in [6.07, 6.45) is 0. The van der Waals surface area contributed by atoms with Gasteiger partial charge in [-0.25, -0.2) is 25.3 Å². The van der Waals surface area contributed by atoms with Gasteiger partial charge in [-0.1, -0.05) is 6.07 Å². The van der Waals surface area contributed by atoms with E-state index in [4.69, 9.17) is 0 Å². The van der Waals surface area contributed by atoms with Gasteiger partial charge in [0.15, 0.2) is 0 Å². The topological polar surface area (TPSA) is 172 Å². The van der Waals surface area contributed by atoms with Crippen molar-refractivity contribution in [2.45, 2.75) is 21.6 Å². The molecule has 0 saturated heterocycles. The number of aryl methyl sites for hydroxylation is 1. The Bertz CT molecular complexity index is 1140. The summed E-state index contributed by atoms with van der Waals surface area (Å²) in [5.74, 6) is 0. The second kappa shape index (κ2) is 9.96. The van der Waals surface area contributed by atoms with Gasteiger partial charge in [0.05, 0.1) is 14.7 Å². The van der Waals surface area contributed by atoms with Crippen LogP contribution in [-0.2, 0) is 30.4 Å². The van der Waals surface area contributed by atoms with Crippen molar-refractivity contribution in [3.05, 3.63) is 29.8 Å². The van der Waals surface area contributed by atoms with Gasteiger partial charge in [-0.2, -0.15) is 0 Å². The number of hydrogen-bond acceptors (Lipinski definition) is 9. The van der Waals surface area contributed by atoms with Crippen molar-refractivity contribution in [2.75, 3.05) is 0 Å². The van der Waals surface area contributed by atoms with Gasteiger partial charge >= 0.3 is 88.7 Å². The van der Waals surface area contributed by atoms with Gasteiger partial charge in [0, 0.05) is 10.8 Å². The molecule has 0 aliphatic carbocycles. The second-order valence-electron chi connectivity index (χ2n) is 4.64. The van der Waals surface area contributed by atoms with E-state index < -0.39 is 55.8 Å². The normalized spacial score (nSPS) is 11.8. The molecule has 0 unspecified atom stereocenters. The molecule has 0 bridgehead atoms. The summed E-state index contributed by atoms with van der Waals surface area (Å²) in [5, 5.41) is -1.08. The molecule has 0 spiro atoms. The average molecular weight is 448 g/mol. The molecule has 0 radical (unpaired) electrons. The fraction of sp³-hybridized carbons (Fsp3) is 0.0909. The standard InChI is InChI=1S/C11H10O9S3.3Na/c1-6-2-8-9(10(3-6)22(15,16)17)4-7(21(12,13)14)5-11(8)23(18,19)20;;;/h2-5H,1H3,(H,12,13,14)(H,15,16,17)(H,18,19,20);;;/q;3*+1/p-3. The van der Waals surface area contributed by atoms with Crippen LogP contribution in [0.3, 0.4) is 0 Å². The van der Waals surface area contributed by atoms with Crippen molar-refractivity contribution in [1.29, 1.82) is 0 Å². The third-order valence-corrected chi connectivity index (χ3v) is 5.51. The maximum atomic E-state index is 11.3. The summed E-state index contributed by atoms with van der Waals surface area (Å²) >= 11 is 0. The zero-order valence-corrected chi connectivity index (χ0v) is 22.7. The Morgan fingerprint density at radius 2 is 1.00 bits per heavy atom. The van der Waals surface area contributed by atoms with E-state index in [2.05, 4.69) is 0 Å². The first-order valence-corrected chi connectivity index (χ1v) is 9.90. The minimum Gasteiger partial charge on any atom is -0.744 e. The molecule has 0 aliphatic heterocycles. The zero-order valence-electron chi connectivity index (χ0n) is 14.2. The molecule has 2 rings (SSSR count). The molecule has 0 saturated carbocycles. The van der Waals surface area contributed by atoms with Gasteiger partial charge in [0.1, 0.15) is 30.4 Å². The first-order valence-electron chi connectivity index (χ1n) is 5.67. The quantitative estimate of drug-likeness (QED) is 0.326. The number of fused-ring (bicyclic) bond motifs is 1. The molecule has 2 aromatic carbocycles. The molecule has 15 heteroatoms. The Balaban J connectivity index is 0. The molecule has 0 heterocycles. The van der Waals surface area contributed by atoms with Gasteiger partial charge in [0.2, 0.25) is 0 Å². The molecule has 0 fully saturated rings. The smallest absolute Gasteiger partial charge is 0.744 e. The third kappa shape index (κ3) is 6.75. The van der Waals surface area contributed by atoms with Crippen molar-refractivity contribution in [2.24, 2.45) is 0 Å². The van der Waals surface area contributed by atoms with Crippen LogP contribution >= 0.6 is 0 Å². The number of benzene rings is 2. The fourth-order valence-corrected chi connectivity index (χ4v) is 4.14. The summed E-state index contributed by atoms with van der Waals surface area (Å²) in [4.78, 5) is -3.16. The van der Waals surface area contributed by atoms with Crippen LogP contribution in [0, 0.1) is 6.92 Å². The minimum atomic E-state index is -5.24. The molecule has 126 valence electrons. The van der Waals surface area contributed by atoms with Crippen LogP contribution in [0.4, 0.5) is 0 Å². The van der Waals surface area contributed by atoms with Gasteiger partial charge in [-0.05, 0) is 30.7 Å². The van der Waals surface area contributed by atoms with Gasteiger partial charge in [-0.15, -0.1) is 0 Å². The van der Waals surface area contributed by atoms with Crippen molar-refractivity contribution in [1.82, 2.24) is 0 Å². The molecule has 26 heavy (non-hydrogen) atoms. The van der Waals surface area contributed by atoms with E-state index in [0.29, 0.717) is 12.1 Å². The van der Waals surface area contributed by atoms with Crippen molar-refractivity contribution in [3.63, 3.8) is 0 Å². The molecule has 0 aromatic heterocycles. The minimum absolute atomic E-state index is 0. The Morgan fingerprint density at radius 3 is 1.38 bits per heavy atom. The Kier molecular flexibility index (Phi) is 11.3. The summed E-state index contributed by atoms with van der Waals surface area (Å²) in [7, 11) is -15.6. The summed E-state index contributed by atoms with van der Waals surface area (Å²) < 4.78 is 101. The molecule has 2 aromatic rings. The molecule has 0 atom stereocenters. The van der Waals surface area contributed by atoms with E-state index in [1.54, 1.807) is 0 Å². The van der Waals surface area contributed by atoms with Crippen molar-refractivity contribution >= 4 is 41.1 Å². The summed E-state index contributed by atoms with van der Waals surface area (Å²) in [6.45, 7) is 1.34. The van der Waals surface area contributed by atoms with Crippen LogP contribution in [0.25, 0.3) is 10.8 Å². The van der Waals surface area contributed by atoms with Crippen molar-refractivity contribution in [3.8, 4) is 0 Å². The Hall–Kier alpha value is 1.43. The molecule has 0 aliphatic rings. The van der Waals surface area contributed by atoms with Crippen LogP contribution in [0.2, 0.25) is 0 Å². The summed E-state index contributed by atoms with van der Waals surface area (Å²) in [5.41, 5.74) is 0.148. The molecule has 0 N–H and O–H groups in total. The third-order valence-electron chi connectivity index (χ3n) is 2.94. The second-order valence-corrected chi connectivity index (χ2v) is 8.72. The predicted molar refractivity (Wildman–Crippen MR) is 72.6 cm³/mol. The number of rotatable bonds is 3. The van der Waals surface area contributed by atoms with Crippen LogP contribution < -0.4 is 88.7 Å². The predicted octanol–water partition coefficient (Wildman–Crippen LogP) is -9.13. The average Bonchev–Trinajstić information content (AvgIpc) is 2.32. The van der Waals surface area contributed by atoms with E-state index in [1.807, 2.05) is 0 Å². The summed E-state index contributed by atoms with van der Waals surface area (Å²) in [6, 6.07) is 2.87. The van der Waals surface area contributed by atoms with E-state index in [-0.39, 0.29) is 94.2 Å². The van der Waals surface area contributed by atoms with Crippen LogP contribution in [0.1, 0.15) is 5.56 Å². The molecule has 9 nitrogen and oxygen atoms in total. The van der Waals surface area contributed by atoms with Crippen molar-refractivity contribution < 1.29 is 128 Å². The van der Waals surface area contributed by atoms with Gasteiger partial charge in [-0.3, -0.25) is 0 Å². The monoisotopic (exact) mass is 448 g/mol. The number of hydrogen-bond donors (Lipinski definition) is 0. The molecular weight excluding hydrogens is 441 g/mol. The maximum Gasteiger partial charge on any atom is 1.00 e. The first-order chi connectivity index (χ1) is 10.2. The SMILES string of the molecule is Cc1cc(S(=O)(=O)[O-])c2cc(S(=O)(=O)[O-])cc(S(=O)(=O)[O-])c2c1.[Na+].[Na+].[Na+]. The maximum absolute atomic E-state index is 11.3. The largest absolute Gasteiger partial charge is 1.00 e. The molecule has 0 amide bonds. The van der Waals surface area contributed by atoms with Crippen LogP contribution in [0.5, 0.6) is 0 Å². The fourth-order valence-electron chi connectivity index (χ4n) is 2.07. The van der Waals surface area contributed by atoms with Gasteiger partial charge < -0.3 is 13.7 Å². The Labute approximate surface area is 217 Å². The molecular formula is C11H7Na3O9S3.